The van der Waals surface area contributed by atoms with Gasteiger partial charge in [0.25, 0.3) is 0 Å². The molecule has 0 aliphatic rings. The van der Waals surface area contributed by atoms with Crippen molar-refractivity contribution in [3.63, 3.8) is 0 Å². The van der Waals surface area contributed by atoms with Gasteiger partial charge in [0, 0.05) is 6.54 Å². The highest BCUT2D eigenvalue weighted by molar-refractivity contribution is 5.27. The van der Waals surface area contributed by atoms with E-state index >= 15 is 0 Å². The van der Waals surface area contributed by atoms with Crippen LogP contribution in [0, 0.1) is 0 Å². The molecule has 3 heteroatoms. The monoisotopic (exact) mass is 258 g/mol. The number of likely N-dealkylation sites (N-methyl/N-ethyl adjacent to an activating group) is 1. The van der Waals surface area contributed by atoms with E-state index in [0.717, 1.165) is 31.8 Å². The summed E-state index contributed by atoms with van der Waals surface area (Å²) in [5.41, 5.74) is 2.81. The molecule has 0 bridgehead atoms. The summed E-state index contributed by atoms with van der Waals surface area (Å²) in [6, 6.07) is 12.6. The quantitative estimate of drug-likeness (QED) is 0.827. The van der Waals surface area contributed by atoms with Crippen LogP contribution in [0.3, 0.4) is 0 Å². The molecule has 0 spiro atoms. The van der Waals surface area contributed by atoms with Crippen LogP contribution in [0.5, 0.6) is 0 Å². The molecule has 2 aromatic rings. The first-order valence-corrected chi connectivity index (χ1v) is 6.72. The zero-order chi connectivity index (χ0) is 13.5. The number of hydrogen-bond acceptors (Lipinski definition) is 3. The second-order valence-corrected chi connectivity index (χ2v) is 4.87. The van der Waals surface area contributed by atoms with Crippen LogP contribution in [0.25, 0.3) is 0 Å². The first-order chi connectivity index (χ1) is 9.29. The van der Waals surface area contributed by atoms with Crippen molar-refractivity contribution in [2.75, 3.05) is 20.6 Å². The maximum atomic E-state index is 5.39. The van der Waals surface area contributed by atoms with Crippen molar-refractivity contribution < 1.29 is 4.42 Å². The molecule has 0 radical (unpaired) electrons. The van der Waals surface area contributed by atoms with Crippen molar-refractivity contribution in [2.45, 2.75) is 19.5 Å². The summed E-state index contributed by atoms with van der Waals surface area (Å²) in [5, 5.41) is 3.20. The van der Waals surface area contributed by atoms with Crippen molar-refractivity contribution in [3.8, 4) is 0 Å². The summed E-state index contributed by atoms with van der Waals surface area (Å²) in [5.74, 6) is 1.01. The minimum absolute atomic E-state index is 0.841. The first kappa shape index (κ1) is 13.8. The molecule has 0 aliphatic heterocycles. The Kier molecular flexibility index (Phi) is 5.19. The number of furan rings is 1. The minimum Gasteiger partial charge on any atom is -0.468 e. The van der Waals surface area contributed by atoms with E-state index in [9.17, 15) is 0 Å². The number of nitrogens with zero attached hydrogens (tertiary/aromatic N) is 1. The Bertz CT molecular complexity index is 479. The van der Waals surface area contributed by atoms with Crippen LogP contribution in [-0.4, -0.2) is 25.5 Å². The average Bonchev–Trinajstić information content (AvgIpc) is 2.90. The third kappa shape index (κ3) is 4.23. The van der Waals surface area contributed by atoms with E-state index in [1.54, 1.807) is 6.26 Å². The summed E-state index contributed by atoms with van der Waals surface area (Å²) < 4.78 is 5.39. The van der Waals surface area contributed by atoms with Gasteiger partial charge < -0.3 is 9.73 Å². The van der Waals surface area contributed by atoms with Gasteiger partial charge in [0.2, 0.25) is 0 Å². The summed E-state index contributed by atoms with van der Waals surface area (Å²) in [4.78, 5) is 2.27. The number of rotatable bonds is 7. The van der Waals surface area contributed by atoms with Crippen molar-refractivity contribution in [3.05, 3.63) is 59.5 Å². The van der Waals surface area contributed by atoms with Crippen LogP contribution < -0.4 is 5.32 Å². The number of nitrogens with one attached hydrogen (secondary N) is 1. The molecule has 1 N–H and O–H groups in total. The zero-order valence-electron chi connectivity index (χ0n) is 11.7. The van der Waals surface area contributed by atoms with Gasteiger partial charge in [-0.25, -0.2) is 0 Å². The van der Waals surface area contributed by atoms with Gasteiger partial charge in [0.05, 0.1) is 12.8 Å². The molecule has 0 unspecified atom stereocenters. The van der Waals surface area contributed by atoms with Gasteiger partial charge in [-0.3, -0.25) is 4.90 Å². The highest BCUT2D eigenvalue weighted by Gasteiger charge is 2.07. The second kappa shape index (κ2) is 7.12. The van der Waals surface area contributed by atoms with Gasteiger partial charge in [0.15, 0.2) is 0 Å². The van der Waals surface area contributed by atoms with Gasteiger partial charge in [-0.05, 0) is 50.3 Å². The van der Waals surface area contributed by atoms with Crippen molar-refractivity contribution in [2.24, 2.45) is 0 Å². The van der Waals surface area contributed by atoms with Crippen LogP contribution in [0.1, 0.15) is 16.9 Å². The van der Waals surface area contributed by atoms with E-state index in [0.29, 0.717) is 0 Å². The first-order valence-electron chi connectivity index (χ1n) is 6.72. The Morgan fingerprint density at radius 1 is 1.05 bits per heavy atom. The molecule has 3 nitrogen and oxygen atoms in total. The third-order valence-electron chi connectivity index (χ3n) is 3.21. The molecule has 0 fully saturated rings. The Labute approximate surface area is 115 Å². The predicted octanol–water partition coefficient (Wildman–Crippen LogP) is 2.67. The molecule has 0 atom stereocenters. The highest BCUT2D eigenvalue weighted by atomic mass is 16.3. The summed E-state index contributed by atoms with van der Waals surface area (Å²) in [6.45, 7) is 2.80. The molecule has 1 aromatic carbocycles. The lowest BCUT2D eigenvalue weighted by Crippen LogP contribution is -2.19. The molecule has 0 aliphatic carbocycles. The largest absolute Gasteiger partial charge is 0.468 e. The standard InChI is InChI=1S/C16H22N2O/c1-17-10-9-14-6-3-4-7-15(14)12-18(2)13-16-8-5-11-19-16/h3-8,11,17H,9-10,12-13H2,1-2H3. The smallest absolute Gasteiger partial charge is 0.117 e. The van der Waals surface area contributed by atoms with E-state index in [2.05, 4.69) is 41.5 Å². The Balaban J connectivity index is 1.97. The van der Waals surface area contributed by atoms with Crippen molar-refractivity contribution in [1.29, 1.82) is 0 Å². The van der Waals surface area contributed by atoms with E-state index in [4.69, 9.17) is 4.42 Å². The van der Waals surface area contributed by atoms with Crippen LogP contribution >= 0.6 is 0 Å². The van der Waals surface area contributed by atoms with E-state index in [-0.39, 0.29) is 0 Å². The molecule has 1 heterocycles. The molecule has 0 saturated heterocycles. The van der Waals surface area contributed by atoms with Crippen LogP contribution in [0.2, 0.25) is 0 Å². The second-order valence-electron chi connectivity index (χ2n) is 4.87. The summed E-state index contributed by atoms with van der Waals surface area (Å²) in [7, 11) is 4.11. The lowest BCUT2D eigenvalue weighted by molar-refractivity contribution is 0.287. The number of benzene rings is 1. The predicted molar refractivity (Wildman–Crippen MR) is 78.0 cm³/mol. The number of hydrogen-bond donors (Lipinski definition) is 1. The van der Waals surface area contributed by atoms with E-state index < -0.39 is 0 Å². The summed E-state index contributed by atoms with van der Waals surface area (Å²) in [6.07, 6.45) is 2.80. The van der Waals surface area contributed by atoms with Crippen LogP contribution in [0.4, 0.5) is 0 Å². The highest BCUT2D eigenvalue weighted by Crippen LogP contribution is 2.13. The van der Waals surface area contributed by atoms with Crippen LogP contribution in [0.15, 0.2) is 47.1 Å². The topological polar surface area (TPSA) is 28.4 Å². The molecule has 0 saturated carbocycles. The third-order valence-corrected chi connectivity index (χ3v) is 3.21. The fourth-order valence-corrected chi connectivity index (χ4v) is 2.23. The fourth-order valence-electron chi connectivity index (χ4n) is 2.23. The maximum Gasteiger partial charge on any atom is 0.117 e. The van der Waals surface area contributed by atoms with E-state index in [1.165, 1.54) is 11.1 Å². The Morgan fingerprint density at radius 2 is 1.84 bits per heavy atom. The van der Waals surface area contributed by atoms with Crippen LogP contribution in [-0.2, 0) is 19.5 Å². The van der Waals surface area contributed by atoms with Crippen molar-refractivity contribution in [1.82, 2.24) is 10.2 Å². The zero-order valence-corrected chi connectivity index (χ0v) is 11.7. The Hall–Kier alpha value is -1.58. The normalized spacial score (nSPS) is 11.1. The molecule has 2 rings (SSSR count). The lowest BCUT2D eigenvalue weighted by atomic mass is 10.0. The minimum atomic E-state index is 0.841. The molecular formula is C16H22N2O. The average molecular weight is 258 g/mol. The molecule has 0 amide bonds. The van der Waals surface area contributed by atoms with Gasteiger partial charge >= 0.3 is 0 Å². The molecule has 19 heavy (non-hydrogen) atoms. The summed E-state index contributed by atoms with van der Waals surface area (Å²) >= 11 is 0. The van der Waals surface area contributed by atoms with Gasteiger partial charge in [-0.1, -0.05) is 24.3 Å². The Morgan fingerprint density at radius 3 is 2.53 bits per heavy atom. The van der Waals surface area contributed by atoms with E-state index in [1.807, 2.05) is 19.2 Å². The van der Waals surface area contributed by atoms with Gasteiger partial charge in [0.1, 0.15) is 5.76 Å². The molecule has 102 valence electrons. The maximum absolute atomic E-state index is 5.39. The van der Waals surface area contributed by atoms with Gasteiger partial charge in [-0.2, -0.15) is 0 Å². The lowest BCUT2D eigenvalue weighted by Gasteiger charge is -2.17. The SMILES string of the molecule is CNCCc1ccccc1CN(C)Cc1ccco1. The molecular weight excluding hydrogens is 236 g/mol. The van der Waals surface area contributed by atoms with Crippen molar-refractivity contribution >= 4 is 0 Å². The van der Waals surface area contributed by atoms with Gasteiger partial charge in [-0.15, -0.1) is 0 Å². The molecule has 1 aromatic heterocycles. The fraction of sp³-hybridized carbons (Fsp3) is 0.375.